The van der Waals surface area contributed by atoms with Gasteiger partial charge in [-0.25, -0.2) is 4.98 Å². The molecule has 0 fully saturated rings. The van der Waals surface area contributed by atoms with E-state index in [4.69, 9.17) is 9.72 Å². The maximum Gasteiger partial charge on any atom is 0.122 e. The zero-order valence-electron chi connectivity index (χ0n) is 18.0. The molecule has 0 bridgehead atoms. The van der Waals surface area contributed by atoms with Crippen LogP contribution in [-0.2, 0) is 12.8 Å². The van der Waals surface area contributed by atoms with Crippen molar-refractivity contribution in [2.45, 2.75) is 39.5 Å². The van der Waals surface area contributed by atoms with E-state index in [0.717, 1.165) is 43.1 Å². The number of aromatic amines is 1. The standard InChI is InChI=1S/C25H31N3O/c1-17-16-22(18(2)26-17)24-11-7-10-23(27-24)20-12-13-25(29-15-14-28(3)4)21-9-6-5-8-19(20)21/h7,10-13,16,26H,5-6,8-9,14-15H2,1-4H3. The molecule has 0 amide bonds. The topological polar surface area (TPSA) is 41.1 Å². The Balaban J connectivity index is 1.70. The molecule has 1 aliphatic carbocycles. The van der Waals surface area contributed by atoms with Crippen LogP contribution in [0, 0.1) is 13.8 Å². The number of likely N-dealkylation sites (N-methyl/N-ethyl adjacent to an activating group) is 1. The molecule has 3 aromatic rings. The van der Waals surface area contributed by atoms with Crippen LogP contribution in [0.3, 0.4) is 0 Å². The van der Waals surface area contributed by atoms with Gasteiger partial charge in [-0.3, -0.25) is 0 Å². The molecule has 0 saturated carbocycles. The number of nitrogens with zero attached hydrogens (tertiary/aromatic N) is 2. The molecule has 1 N–H and O–H groups in total. The summed E-state index contributed by atoms with van der Waals surface area (Å²) in [6.45, 7) is 5.85. The summed E-state index contributed by atoms with van der Waals surface area (Å²) in [5, 5.41) is 0. The van der Waals surface area contributed by atoms with E-state index in [9.17, 15) is 0 Å². The van der Waals surface area contributed by atoms with Crippen molar-refractivity contribution in [1.82, 2.24) is 14.9 Å². The number of benzene rings is 1. The number of pyridine rings is 1. The first-order chi connectivity index (χ1) is 14.0. The molecule has 0 saturated heterocycles. The summed E-state index contributed by atoms with van der Waals surface area (Å²) in [6, 6.07) is 12.9. The quantitative estimate of drug-likeness (QED) is 0.631. The molecule has 4 rings (SSSR count). The van der Waals surface area contributed by atoms with E-state index < -0.39 is 0 Å². The number of H-pyrrole nitrogens is 1. The van der Waals surface area contributed by atoms with Crippen molar-refractivity contribution in [2.24, 2.45) is 0 Å². The Labute approximate surface area is 173 Å². The first kappa shape index (κ1) is 19.7. The van der Waals surface area contributed by atoms with Gasteiger partial charge in [0.05, 0.1) is 11.4 Å². The Kier molecular flexibility index (Phi) is 5.72. The molecular weight excluding hydrogens is 358 g/mol. The maximum absolute atomic E-state index is 6.15. The van der Waals surface area contributed by atoms with Gasteiger partial charge < -0.3 is 14.6 Å². The van der Waals surface area contributed by atoms with Crippen LogP contribution in [0.4, 0.5) is 0 Å². The fraction of sp³-hybridized carbons (Fsp3) is 0.400. The average Bonchev–Trinajstić information content (AvgIpc) is 3.06. The van der Waals surface area contributed by atoms with Crippen LogP contribution in [0.2, 0.25) is 0 Å². The number of rotatable bonds is 6. The predicted molar refractivity (Wildman–Crippen MR) is 120 cm³/mol. The van der Waals surface area contributed by atoms with Crippen molar-refractivity contribution in [1.29, 1.82) is 0 Å². The fourth-order valence-corrected chi connectivity index (χ4v) is 4.27. The second-order valence-electron chi connectivity index (χ2n) is 8.33. The van der Waals surface area contributed by atoms with Crippen molar-refractivity contribution in [3.63, 3.8) is 0 Å². The number of hydrogen-bond donors (Lipinski definition) is 1. The summed E-state index contributed by atoms with van der Waals surface area (Å²) in [6.07, 6.45) is 4.66. The molecule has 1 aromatic carbocycles. The van der Waals surface area contributed by atoms with E-state index in [2.05, 4.69) is 74.2 Å². The number of ether oxygens (including phenoxy) is 1. The molecule has 152 valence electrons. The van der Waals surface area contributed by atoms with Crippen LogP contribution in [0.5, 0.6) is 5.75 Å². The first-order valence-electron chi connectivity index (χ1n) is 10.6. The highest BCUT2D eigenvalue weighted by Crippen LogP contribution is 2.37. The zero-order valence-corrected chi connectivity index (χ0v) is 18.0. The van der Waals surface area contributed by atoms with Gasteiger partial charge in [0, 0.05) is 29.1 Å². The molecule has 29 heavy (non-hydrogen) atoms. The third-order valence-electron chi connectivity index (χ3n) is 5.74. The fourth-order valence-electron chi connectivity index (χ4n) is 4.27. The predicted octanol–water partition coefficient (Wildman–Crippen LogP) is 5.18. The van der Waals surface area contributed by atoms with Crippen molar-refractivity contribution in [3.8, 4) is 28.3 Å². The molecule has 1 aliphatic rings. The van der Waals surface area contributed by atoms with Crippen LogP contribution in [-0.4, -0.2) is 42.1 Å². The Hall–Kier alpha value is -2.59. The van der Waals surface area contributed by atoms with Crippen LogP contribution >= 0.6 is 0 Å². The van der Waals surface area contributed by atoms with Gasteiger partial charge in [0.2, 0.25) is 0 Å². The van der Waals surface area contributed by atoms with Gasteiger partial charge in [-0.2, -0.15) is 0 Å². The summed E-state index contributed by atoms with van der Waals surface area (Å²) in [4.78, 5) is 10.6. The van der Waals surface area contributed by atoms with Crippen molar-refractivity contribution in [3.05, 3.63) is 58.9 Å². The Bertz CT molecular complexity index is 1000. The van der Waals surface area contributed by atoms with E-state index in [0.29, 0.717) is 0 Å². The third-order valence-corrected chi connectivity index (χ3v) is 5.74. The van der Waals surface area contributed by atoms with Gasteiger partial charge in [0.1, 0.15) is 12.4 Å². The lowest BCUT2D eigenvalue weighted by molar-refractivity contribution is 0.259. The molecule has 2 aromatic heterocycles. The highest BCUT2D eigenvalue weighted by atomic mass is 16.5. The Morgan fingerprint density at radius 2 is 1.69 bits per heavy atom. The minimum absolute atomic E-state index is 0.721. The number of nitrogens with one attached hydrogen (secondary N) is 1. The van der Waals surface area contributed by atoms with E-state index >= 15 is 0 Å². The van der Waals surface area contributed by atoms with E-state index in [1.54, 1.807) is 0 Å². The molecule has 2 heterocycles. The Morgan fingerprint density at radius 3 is 2.38 bits per heavy atom. The van der Waals surface area contributed by atoms with Crippen molar-refractivity contribution < 1.29 is 4.74 Å². The maximum atomic E-state index is 6.15. The number of fused-ring (bicyclic) bond motifs is 1. The largest absolute Gasteiger partial charge is 0.492 e. The number of aromatic nitrogens is 2. The van der Waals surface area contributed by atoms with Gasteiger partial charge in [-0.15, -0.1) is 0 Å². The Morgan fingerprint density at radius 1 is 0.966 bits per heavy atom. The van der Waals surface area contributed by atoms with Crippen LogP contribution in [0.25, 0.3) is 22.5 Å². The van der Waals surface area contributed by atoms with Gasteiger partial charge in [-0.05, 0) is 95.1 Å². The smallest absolute Gasteiger partial charge is 0.122 e. The van der Waals surface area contributed by atoms with Gasteiger partial charge in [0.15, 0.2) is 0 Å². The summed E-state index contributed by atoms with van der Waals surface area (Å²) in [5.41, 5.74) is 9.66. The molecule has 0 aliphatic heterocycles. The SMILES string of the molecule is Cc1cc(-c2cccc(-c3ccc(OCCN(C)C)c4c3CCCC4)n2)c(C)[nH]1. The molecule has 0 spiro atoms. The van der Waals surface area contributed by atoms with E-state index in [-0.39, 0.29) is 0 Å². The first-order valence-corrected chi connectivity index (χ1v) is 10.6. The number of aryl methyl sites for hydroxylation is 2. The summed E-state index contributed by atoms with van der Waals surface area (Å²) >= 11 is 0. The minimum atomic E-state index is 0.721. The second-order valence-corrected chi connectivity index (χ2v) is 8.33. The minimum Gasteiger partial charge on any atom is -0.492 e. The monoisotopic (exact) mass is 389 g/mol. The average molecular weight is 390 g/mol. The highest BCUT2D eigenvalue weighted by molar-refractivity contribution is 5.72. The van der Waals surface area contributed by atoms with Gasteiger partial charge >= 0.3 is 0 Å². The van der Waals surface area contributed by atoms with Crippen molar-refractivity contribution in [2.75, 3.05) is 27.2 Å². The van der Waals surface area contributed by atoms with Gasteiger partial charge in [-0.1, -0.05) is 6.07 Å². The third kappa shape index (κ3) is 4.23. The molecule has 0 radical (unpaired) electrons. The summed E-state index contributed by atoms with van der Waals surface area (Å²) in [5.74, 6) is 1.05. The molecule has 0 unspecified atom stereocenters. The van der Waals surface area contributed by atoms with E-state index in [1.165, 1.54) is 46.5 Å². The molecule has 4 heteroatoms. The number of hydrogen-bond acceptors (Lipinski definition) is 3. The zero-order chi connectivity index (χ0) is 20.4. The normalized spacial score (nSPS) is 13.6. The van der Waals surface area contributed by atoms with Crippen LogP contribution < -0.4 is 4.74 Å². The lowest BCUT2D eigenvalue weighted by atomic mass is 9.86. The van der Waals surface area contributed by atoms with Gasteiger partial charge in [0.25, 0.3) is 0 Å². The lowest BCUT2D eigenvalue weighted by Gasteiger charge is -2.23. The molecule has 4 nitrogen and oxygen atoms in total. The molecular formula is C25H31N3O. The van der Waals surface area contributed by atoms with Crippen molar-refractivity contribution >= 4 is 0 Å². The van der Waals surface area contributed by atoms with Crippen LogP contribution in [0.1, 0.15) is 35.4 Å². The summed E-state index contributed by atoms with van der Waals surface area (Å²) in [7, 11) is 4.16. The second kappa shape index (κ2) is 8.42. The van der Waals surface area contributed by atoms with E-state index in [1.807, 2.05) is 0 Å². The molecule has 0 atom stereocenters. The lowest BCUT2D eigenvalue weighted by Crippen LogP contribution is -2.20. The highest BCUT2D eigenvalue weighted by Gasteiger charge is 2.20. The van der Waals surface area contributed by atoms with Crippen LogP contribution in [0.15, 0.2) is 36.4 Å². The summed E-state index contributed by atoms with van der Waals surface area (Å²) < 4.78 is 6.15.